The third-order valence-electron chi connectivity index (χ3n) is 5.54. The van der Waals surface area contributed by atoms with Crippen LogP contribution in [-0.4, -0.2) is 42.6 Å². The first-order valence-corrected chi connectivity index (χ1v) is 9.76. The molecule has 28 heavy (non-hydrogen) atoms. The fraction of sp³-hybridized carbons (Fsp3) is 0.579. The first-order valence-electron chi connectivity index (χ1n) is 9.38. The third-order valence-corrected chi connectivity index (χ3v) is 5.79. The third kappa shape index (κ3) is 5.10. The Labute approximate surface area is 166 Å². The molecule has 0 spiro atoms. The summed E-state index contributed by atoms with van der Waals surface area (Å²) in [5.74, 6) is -1.62. The maximum absolute atomic E-state index is 13.0. The first kappa shape index (κ1) is 20.8. The van der Waals surface area contributed by atoms with Gasteiger partial charge in [-0.15, -0.1) is 0 Å². The van der Waals surface area contributed by atoms with Crippen LogP contribution < -0.4 is 10.6 Å². The van der Waals surface area contributed by atoms with Gasteiger partial charge in [-0.1, -0.05) is 23.7 Å². The summed E-state index contributed by atoms with van der Waals surface area (Å²) in [6, 6.07) is 6.16. The van der Waals surface area contributed by atoms with Crippen LogP contribution in [0.15, 0.2) is 24.3 Å². The van der Waals surface area contributed by atoms with Gasteiger partial charge < -0.3 is 15.5 Å². The summed E-state index contributed by atoms with van der Waals surface area (Å²) >= 11 is 5.95. The summed E-state index contributed by atoms with van der Waals surface area (Å²) in [7, 11) is 0. The number of nitrogens with zero attached hydrogens (tertiary/aromatic N) is 1. The molecule has 1 atom stereocenters. The molecular formula is C19H23ClF3N3O2. The Morgan fingerprint density at radius 1 is 1.18 bits per heavy atom. The number of carbonyl (C=O) groups excluding carboxylic acids is 2. The molecule has 3 rings (SSSR count). The Morgan fingerprint density at radius 2 is 1.82 bits per heavy atom. The molecule has 2 aliphatic rings. The van der Waals surface area contributed by atoms with E-state index in [2.05, 4.69) is 10.6 Å². The quantitative estimate of drug-likeness (QED) is 0.783. The molecule has 1 heterocycles. The number of carbonyl (C=O) groups is 2. The highest BCUT2D eigenvalue weighted by Crippen LogP contribution is 2.43. The summed E-state index contributed by atoms with van der Waals surface area (Å²) in [5.41, 5.74) is 0.801. The van der Waals surface area contributed by atoms with Crippen molar-refractivity contribution in [2.75, 3.05) is 19.6 Å². The Balaban J connectivity index is 1.73. The number of alkyl halides is 3. The molecule has 1 saturated heterocycles. The van der Waals surface area contributed by atoms with Gasteiger partial charge in [-0.3, -0.25) is 4.79 Å². The van der Waals surface area contributed by atoms with E-state index in [0.29, 0.717) is 31.0 Å². The summed E-state index contributed by atoms with van der Waals surface area (Å²) in [6.07, 6.45) is -3.32. The monoisotopic (exact) mass is 417 g/mol. The van der Waals surface area contributed by atoms with Crippen molar-refractivity contribution in [2.45, 2.75) is 37.9 Å². The van der Waals surface area contributed by atoms with Crippen molar-refractivity contribution in [2.24, 2.45) is 11.8 Å². The van der Waals surface area contributed by atoms with Crippen molar-refractivity contribution in [3.63, 3.8) is 0 Å². The van der Waals surface area contributed by atoms with Crippen LogP contribution in [0, 0.1) is 11.8 Å². The molecule has 0 aromatic heterocycles. The van der Waals surface area contributed by atoms with E-state index < -0.39 is 18.1 Å². The first-order chi connectivity index (χ1) is 13.2. The highest BCUT2D eigenvalue weighted by molar-refractivity contribution is 6.30. The molecule has 1 saturated carbocycles. The number of hydrogen-bond acceptors (Lipinski definition) is 2. The highest BCUT2D eigenvalue weighted by atomic mass is 35.5. The minimum absolute atomic E-state index is 0.0278. The van der Waals surface area contributed by atoms with Gasteiger partial charge in [0.05, 0.1) is 12.0 Å². The molecule has 1 aliphatic heterocycles. The molecule has 1 aromatic rings. The van der Waals surface area contributed by atoms with Gasteiger partial charge in [-0.25, -0.2) is 4.79 Å². The average molecular weight is 418 g/mol. The zero-order valence-electron chi connectivity index (χ0n) is 15.3. The minimum Gasteiger partial charge on any atom is -0.353 e. The smallest absolute Gasteiger partial charge is 0.353 e. The van der Waals surface area contributed by atoms with Crippen molar-refractivity contribution in [1.29, 1.82) is 0 Å². The van der Waals surface area contributed by atoms with Gasteiger partial charge in [-0.2, -0.15) is 13.2 Å². The maximum atomic E-state index is 13.0. The van der Waals surface area contributed by atoms with Crippen LogP contribution in [0.3, 0.4) is 0 Å². The van der Waals surface area contributed by atoms with Gasteiger partial charge >= 0.3 is 12.2 Å². The molecule has 3 amide bonds. The van der Waals surface area contributed by atoms with Crippen LogP contribution in [0.25, 0.3) is 0 Å². The number of rotatable bonds is 3. The molecular weight excluding hydrogens is 395 g/mol. The number of hydrogen-bond donors (Lipinski definition) is 2. The van der Waals surface area contributed by atoms with Gasteiger partial charge in [0.15, 0.2) is 0 Å². The van der Waals surface area contributed by atoms with Crippen LogP contribution in [0.4, 0.5) is 18.0 Å². The van der Waals surface area contributed by atoms with E-state index in [1.54, 1.807) is 24.3 Å². The van der Waals surface area contributed by atoms with Crippen molar-refractivity contribution in [3.05, 3.63) is 34.9 Å². The van der Waals surface area contributed by atoms with E-state index in [1.165, 1.54) is 4.90 Å². The normalized spacial score (nSPS) is 24.4. The van der Waals surface area contributed by atoms with Crippen molar-refractivity contribution >= 4 is 23.5 Å². The average Bonchev–Trinajstić information content (AvgIpc) is 2.66. The second kappa shape index (κ2) is 8.59. The molecule has 154 valence electrons. The molecule has 1 aliphatic carbocycles. The summed E-state index contributed by atoms with van der Waals surface area (Å²) in [5, 5.41) is 6.15. The Morgan fingerprint density at radius 3 is 2.39 bits per heavy atom. The van der Waals surface area contributed by atoms with Crippen molar-refractivity contribution in [3.8, 4) is 0 Å². The largest absolute Gasteiger partial charge is 0.391 e. The number of piperazine rings is 1. The zero-order chi connectivity index (χ0) is 20.3. The molecule has 9 heteroatoms. The van der Waals surface area contributed by atoms with Crippen LogP contribution in [0.5, 0.6) is 0 Å². The van der Waals surface area contributed by atoms with Gasteiger partial charge in [0.2, 0.25) is 5.91 Å². The number of benzene rings is 1. The van der Waals surface area contributed by atoms with E-state index in [-0.39, 0.29) is 37.2 Å². The van der Waals surface area contributed by atoms with E-state index in [4.69, 9.17) is 11.6 Å². The molecule has 0 radical (unpaired) electrons. The Hall–Kier alpha value is -1.96. The zero-order valence-corrected chi connectivity index (χ0v) is 16.0. The van der Waals surface area contributed by atoms with Gasteiger partial charge in [0.1, 0.15) is 6.54 Å². The number of urea groups is 1. The predicted octanol–water partition coefficient (Wildman–Crippen LogP) is 3.89. The second-order valence-corrected chi connectivity index (χ2v) is 7.84. The number of halogens is 4. The highest BCUT2D eigenvalue weighted by Gasteiger charge is 2.43. The van der Waals surface area contributed by atoms with Crippen LogP contribution >= 0.6 is 11.6 Å². The van der Waals surface area contributed by atoms with Gasteiger partial charge in [0.25, 0.3) is 0 Å². The van der Waals surface area contributed by atoms with Crippen LogP contribution in [-0.2, 0) is 4.79 Å². The minimum atomic E-state index is -4.18. The lowest BCUT2D eigenvalue weighted by Gasteiger charge is -2.36. The molecule has 2 N–H and O–H groups in total. The van der Waals surface area contributed by atoms with E-state index in [9.17, 15) is 22.8 Å². The molecule has 5 nitrogen and oxygen atoms in total. The fourth-order valence-electron chi connectivity index (χ4n) is 3.96. The van der Waals surface area contributed by atoms with E-state index in [0.717, 1.165) is 5.56 Å². The maximum Gasteiger partial charge on any atom is 0.391 e. The molecule has 0 unspecified atom stereocenters. The SMILES string of the molecule is O=C1CN(C(=O)N[C@@H](c2ccc(Cl)cc2)[C@H]2CC[C@H](C(F)(F)F)CC2)CCN1. The van der Waals surface area contributed by atoms with E-state index >= 15 is 0 Å². The van der Waals surface area contributed by atoms with Crippen LogP contribution in [0.2, 0.25) is 5.02 Å². The van der Waals surface area contributed by atoms with Gasteiger partial charge in [0, 0.05) is 18.1 Å². The molecule has 2 fully saturated rings. The lowest BCUT2D eigenvalue weighted by molar-refractivity contribution is -0.184. The number of nitrogens with one attached hydrogen (secondary N) is 2. The lowest BCUT2D eigenvalue weighted by atomic mass is 9.76. The standard InChI is InChI=1S/C19H23ClF3N3O2/c20-15-7-3-13(4-8-15)17(12-1-5-14(6-2-12)19(21,22)23)25-18(28)26-10-9-24-16(27)11-26/h3-4,7-8,12,14,17H,1-2,5-6,9-11H2,(H,24,27)(H,25,28)/t12-,14-,17-/m1/s1. The fourth-order valence-corrected chi connectivity index (χ4v) is 4.09. The Kier molecular flexibility index (Phi) is 6.37. The summed E-state index contributed by atoms with van der Waals surface area (Å²) in [6.45, 7) is 0.750. The lowest BCUT2D eigenvalue weighted by Crippen LogP contribution is -2.54. The summed E-state index contributed by atoms with van der Waals surface area (Å²) < 4.78 is 39.0. The molecule has 1 aromatic carbocycles. The van der Waals surface area contributed by atoms with Crippen molar-refractivity contribution in [1.82, 2.24) is 15.5 Å². The Bertz CT molecular complexity index is 703. The summed E-state index contributed by atoms with van der Waals surface area (Å²) in [4.78, 5) is 25.7. The van der Waals surface area contributed by atoms with E-state index in [1.807, 2.05) is 0 Å². The molecule has 0 bridgehead atoms. The second-order valence-electron chi connectivity index (χ2n) is 7.40. The predicted molar refractivity (Wildman–Crippen MR) is 98.8 cm³/mol. The van der Waals surface area contributed by atoms with Crippen molar-refractivity contribution < 1.29 is 22.8 Å². The topological polar surface area (TPSA) is 61.4 Å². The number of amides is 3. The van der Waals surface area contributed by atoms with Gasteiger partial charge in [-0.05, 0) is 49.3 Å². The van der Waals surface area contributed by atoms with Crippen LogP contribution in [0.1, 0.15) is 37.3 Å².